The molecule has 0 fully saturated rings. The van der Waals surface area contributed by atoms with Crippen LogP contribution in [0, 0.1) is 0 Å². The topological polar surface area (TPSA) is 71.1 Å². The second kappa shape index (κ2) is 15.2. The smallest absolute Gasteiger partial charge is 0.331 e. The first-order valence-corrected chi connectivity index (χ1v) is 7.17. The van der Waals surface area contributed by atoms with Crippen LogP contribution in [0.2, 0.25) is 0 Å². The van der Waals surface area contributed by atoms with Gasteiger partial charge in [-0.3, -0.25) is 0 Å². The van der Waals surface area contributed by atoms with Crippen LogP contribution in [-0.2, 0) is 28.5 Å². The van der Waals surface area contributed by atoms with Crippen molar-refractivity contribution in [3.8, 4) is 0 Å². The Balaban J connectivity index is 3.54. The van der Waals surface area contributed by atoms with E-state index in [2.05, 4.69) is 13.2 Å². The number of hydrogen-bond donors (Lipinski definition) is 0. The summed E-state index contributed by atoms with van der Waals surface area (Å²) in [5.41, 5.74) is 0. The van der Waals surface area contributed by atoms with Gasteiger partial charge in [0.25, 0.3) is 0 Å². The molecule has 0 heterocycles. The van der Waals surface area contributed by atoms with Gasteiger partial charge in [0.05, 0.1) is 39.0 Å². The summed E-state index contributed by atoms with van der Waals surface area (Å²) < 4.78 is 19.7. The van der Waals surface area contributed by atoms with Crippen molar-refractivity contribution in [1.29, 1.82) is 0 Å². The monoisotopic (exact) mass is 312 g/mol. The van der Waals surface area contributed by atoms with Gasteiger partial charge in [0, 0.05) is 12.2 Å². The third kappa shape index (κ3) is 14.2. The van der Waals surface area contributed by atoms with E-state index in [-0.39, 0.29) is 13.2 Å². The molecule has 0 aromatic carbocycles. The molecule has 0 aromatic heterocycles. The number of esters is 2. The molecule has 0 amide bonds. The van der Waals surface area contributed by atoms with Gasteiger partial charge >= 0.3 is 11.9 Å². The first-order valence-electron chi connectivity index (χ1n) is 7.17. The molecule has 0 bridgehead atoms. The van der Waals surface area contributed by atoms with E-state index in [4.69, 9.17) is 18.9 Å². The Hall–Kier alpha value is -2.24. The van der Waals surface area contributed by atoms with Crippen molar-refractivity contribution in [3.05, 3.63) is 37.8 Å². The molecule has 0 radical (unpaired) electrons. The molecular weight excluding hydrogens is 288 g/mol. The van der Waals surface area contributed by atoms with E-state index in [9.17, 15) is 9.59 Å². The van der Waals surface area contributed by atoms with Crippen molar-refractivity contribution in [3.63, 3.8) is 0 Å². The van der Waals surface area contributed by atoms with Gasteiger partial charge in [0.15, 0.2) is 0 Å². The van der Waals surface area contributed by atoms with Crippen LogP contribution in [0.4, 0.5) is 0 Å². The minimum atomic E-state index is -0.569. The SMILES string of the molecule is C=COCCCCOC(=O)/C=C\C(=O)OCCCCOC=C. The maximum atomic E-state index is 11.3. The van der Waals surface area contributed by atoms with Crippen LogP contribution in [0.5, 0.6) is 0 Å². The molecule has 0 unspecified atom stereocenters. The van der Waals surface area contributed by atoms with Crippen LogP contribution in [0.15, 0.2) is 37.8 Å². The first-order chi connectivity index (χ1) is 10.7. The van der Waals surface area contributed by atoms with Crippen LogP contribution < -0.4 is 0 Å². The van der Waals surface area contributed by atoms with Gasteiger partial charge in [-0.1, -0.05) is 13.2 Å². The minimum Gasteiger partial charge on any atom is -0.502 e. The van der Waals surface area contributed by atoms with Crippen molar-refractivity contribution < 1.29 is 28.5 Å². The van der Waals surface area contributed by atoms with Gasteiger partial charge in [-0.25, -0.2) is 9.59 Å². The molecule has 0 rings (SSSR count). The third-order valence-electron chi connectivity index (χ3n) is 2.39. The van der Waals surface area contributed by atoms with E-state index >= 15 is 0 Å². The Bertz CT molecular complexity index is 328. The zero-order valence-corrected chi connectivity index (χ0v) is 12.8. The van der Waals surface area contributed by atoms with Crippen LogP contribution >= 0.6 is 0 Å². The minimum absolute atomic E-state index is 0.280. The average Bonchev–Trinajstić information content (AvgIpc) is 2.52. The molecule has 0 N–H and O–H groups in total. The Morgan fingerprint density at radius 2 is 1.05 bits per heavy atom. The maximum Gasteiger partial charge on any atom is 0.331 e. The molecule has 0 saturated heterocycles. The van der Waals surface area contributed by atoms with E-state index in [1.54, 1.807) is 0 Å². The molecule has 0 aliphatic rings. The Morgan fingerprint density at radius 1 is 0.682 bits per heavy atom. The van der Waals surface area contributed by atoms with Crippen LogP contribution in [-0.4, -0.2) is 38.4 Å². The summed E-state index contributed by atoms with van der Waals surface area (Å²) in [5, 5.41) is 0. The summed E-state index contributed by atoms with van der Waals surface area (Å²) in [7, 11) is 0. The van der Waals surface area contributed by atoms with Crippen molar-refractivity contribution in [1.82, 2.24) is 0 Å². The second-order valence-corrected chi connectivity index (χ2v) is 4.16. The predicted molar refractivity (Wildman–Crippen MR) is 81.8 cm³/mol. The fraction of sp³-hybridized carbons (Fsp3) is 0.500. The van der Waals surface area contributed by atoms with Crippen molar-refractivity contribution >= 4 is 11.9 Å². The standard InChI is InChI=1S/C16H24O6/c1-3-19-11-5-7-13-21-15(17)9-10-16(18)22-14-8-6-12-20-4-2/h3-4,9-10H,1-2,5-8,11-14H2/b10-9-. The highest BCUT2D eigenvalue weighted by Crippen LogP contribution is 1.95. The van der Waals surface area contributed by atoms with E-state index in [0.29, 0.717) is 26.1 Å². The van der Waals surface area contributed by atoms with Crippen molar-refractivity contribution in [2.24, 2.45) is 0 Å². The largest absolute Gasteiger partial charge is 0.502 e. The molecule has 0 aliphatic carbocycles. The summed E-state index contributed by atoms with van der Waals surface area (Å²) in [5.74, 6) is -1.14. The van der Waals surface area contributed by atoms with Crippen LogP contribution in [0.25, 0.3) is 0 Å². The van der Waals surface area contributed by atoms with Gasteiger partial charge in [-0.15, -0.1) is 0 Å². The number of ether oxygens (including phenoxy) is 4. The van der Waals surface area contributed by atoms with Gasteiger partial charge < -0.3 is 18.9 Å². The predicted octanol–water partition coefficient (Wildman–Crippen LogP) is 2.51. The van der Waals surface area contributed by atoms with Crippen LogP contribution in [0.3, 0.4) is 0 Å². The zero-order valence-electron chi connectivity index (χ0n) is 12.8. The summed E-state index contributed by atoms with van der Waals surface area (Å²) in [6, 6.07) is 0. The van der Waals surface area contributed by atoms with Gasteiger partial charge in [0.2, 0.25) is 0 Å². The molecule has 0 saturated carbocycles. The highest BCUT2D eigenvalue weighted by molar-refractivity contribution is 5.91. The molecular formula is C16H24O6. The van der Waals surface area contributed by atoms with Gasteiger partial charge in [-0.05, 0) is 25.7 Å². The number of rotatable bonds is 14. The summed E-state index contributed by atoms with van der Waals surface area (Å²) in [6.07, 6.45) is 7.75. The fourth-order valence-corrected chi connectivity index (χ4v) is 1.32. The highest BCUT2D eigenvalue weighted by atomic mass is 16.5. The lowest BCUT2D eigenvalue weighted by molar-refractivity contribution is -0.140. The second-order valence-electron chi connectivity index (χ2n) is 4.16. The molecule has 124 valence electrons. The number of carbonyl (C=O) groups excluding carboxylic acids is 2. The number of unbranched alkanes of at least 4 members (excludes halogenated alkanes) is 2. The Kier molecular flexibility index (Phi) is 13.6. The molecule has 6 nitrogen and oxygen atoms in total. The quantitative estimate of drug-likeness (QED) is 0.212. The summed E-state index contributed by atoms with van der Waals surface area (Å²) in [4.78, 5) is 22.6. The molecule has 0 aromatic rings. The van der Waals surface area contributed by atoms with E-state index < -0.39 is 11.9 Å². The summed E-state index contributed by atoms with van der Waals surface area (Å²) >= 11 is 0. The summed E-state index contributed by atoms with van der Waals surface area (Å²) in [6.45, 7) is 8.48. The third-order valence-corrected chi connectivity index (χ3v) is 2.39. The van der Waals surface area contributed by atoms with Crippen molar-refractivity contribution in [2.75, 3.05) is 26.4 Å². The van der Waals surface area contributed by atoms with Gasteiger partial charge in [0.1, 0.15) is 0 Å². The molecule has 0 spiro atoms. The molecule has 6 heteroatoms. The van der Waals surface area contributed by atoms with E-state index in [1.807, 2.05) is 0 Å². The normalized spacial score (nSPS) is 10.0. The molecule has 22 heavy (non-hydrogen) atoms. The zero-order chi connectivity index (χ0) is 16.5. The first kappa shape index (κ1) is 19.8. The Labute approximate surface area is 131 Å². The van der Waals surface area contributed by atoms with Gasteiger partial charge in [-0.2, -0.15) is 0 Å². The Morgan fingerprint density at radius 3 is 1.41 bits per heavy atom. The lowest BCUT2D eigenvalue weighted by Crippen LogP contribution is -2.06. The fourth-order valence-electron chi connectivity index (χ4n) is 1.32. The lowest BCUT2D eigenvalue weighted by atomic mass is 10.3. The van der Waals surface area contributed by atoms with Crippen LogP contribution in [0.1, 0.15) is 25.7 Å². The lowest BCUT2D eigenvalue weighted by Gasteiger charge is -2.03. The van der Waals surface area contributed by atoms with Crippen molar-refractivity contribution in [2.45, 2.75) is 25.7 Å². The average molecular weight is 312 g/mol. The van der Waals surface area contributed by atoms with E-state index in [0.717, 1.165) is 25.0 Å². The highest BCUT2D eigenvalue weighted by Gasteiger charge is 2.01. The maximum absolute atomic E-state index is 11.3. The van der Waals surface area contributed by atoms with E-state index in [1.165, 1.54) is 12.5 Å². The molecule has 0 aliphatic heterocycles. The molecule has 0 atom stereocenters. The number of hydrogen-bond acceptors (Lipinski definition) is 6. The number of carbonyl (C=O) groups is 2.